The summed E-state index contributed by atoms with van der Waals surface area (Å²) in [5.41, 5.74) is 6.19. The van der Waals surface area contributed by atoms with Crippen LogP contribution >= 0.6 is 19.3 Å². The number of carbonyl (C=O) groups is 1. The van der Waals surface area contributed by atoms with Gasteiger partial charge in [-0.05, 0) is 32.9 Å². The van der Waals surface area contributed by atoms with Crippen LogP contribution in [0.4, 0.5) is 5.82 Å². The van der Waals surface area contributed by atoms with Gasteiger partial charge in [0.15, 0.2) is 6.23 Å². The number of hydrogen-bond acceptors (Lipinski definition) is 11. The third kappa shape index (κ3) is 6.10. The Balaban J connectivity index is 1.52. The summed E-state index contributed by atoms with van der Waals surface area (Å²) in [6.45, 7) is 4.35. The molecule has 13 nitrogen and oxygen atoms in total. The van der Waals surface area contributed by atoms with Gasteiger partial charge in [-0.1, -0.05) is 29.8 Å². The molecule has 1 aromatic carbocycles. The second kappa shape index (κ2) is 11.5. The fourth-order valence-corrected chi connectivity index (χ4v) is 5.65. The molecule has 1 fully saturated rings. The molecule has 6 atom stereocenters. The fourth-order valence-electron chi connectivity index (χ4n) is 3.86. The van der Waals surface area contributed by atoms with Crippen LogP contribution in [-0.4, -0.2) is 67.8 Å². The molecule has 2 unspecified atom stereocenters. The number of nitrogens with one attached hydrogen (secondary N) is 1. The van der Waals surface area contributed by atoms with Gasteiger partial charge in [0.1, 0.15) is 47.9 Å². The van der Waals surface area contributed by atoms with Crippen molar-refractivity contribution in [3.05, 3.63) is 47.9 Å². The molecule has 2 aromatic heterocycles. The summed E-state index contributed by atoms with van der Waals surface area (Å²) in [7, 11) is -4.22. The van der Waals surface area contributed by atoms with E-state index in [4.69, 9.17) is 35.9 Å². The number of carbonyl (C=O) groups excluding carboxylic acids is 1. The number of rotatable bonds is 10. The van der Waals surface area contributed by atoms with E-state index in [2.05, 4.69) is 15.1 Å². The second-order valence-corrected chi connectivity index (χ2v) is 11.0. The minimum Gasteiger partial charge on any atom is -0.462 e. The quantitative estimate of drug-likeness (QED) is 0.207. The zero-order chi connectivity index (χ0) is 27.6. The van der Waals surface area contributed by atoms with Crippen LogP contribution in [0.3, 0.4) is 0 Å². The molecule has 38 heavy (non-hydrogen) atoms. The van der Waals surface area contributed by atoms with Gasteiger partial charge in [0.2, 0.25) is 0 Å². The number of nitrogens with zero attached hydrogens (tertiary/aromatic N) is 3. The lowest BCUT2D eigenvalue weighted by Gasteiger charge is -2.25. The van der Waals surface area contributed by atoms with E-state index in [9.17, 15) is 19.6 Å². The number of aliphatic hydroxyl groups excluding tert-OH is 2. The van der Waals surface area contributed by atoms with Crippen LogP contribution in [0.1, 0.15) is 27.0 Å². The van der Waals surface area contributed by atoms with Crippen LogP contribution in [0.15, 0.2) is 42.9 Å². The number of anilines is 1. The minimum absolute atomic E-state index is 0.141. The summed E-state index contributed by atoms with van der Waals surface area (Å²) in [4.78, 5) is 20.4. The highest BCUT2D eigenvalue weighted by Gasteiger charge is 2.46. The van der Waals surface area contributed by atoms with E-state index in [1.54, 1.807) is 44.2 Å². The van der Waals surface area contributed by atoms with Crippen molar-refractivity contribution in [1.82, 2.24) is 19.6 Å². The van der Waals surface area contributed by atoms with Crippen LogP contribution in [0, 0.1) is 0 Å². The number of ether oxygens (including phenoxy) is 2. The predicted octanol–water partition coefficient (Wildman–Crippen LogP) is 2.42. The maximum atomic E-state index is 13.7. The van der Waals surface area contributed by atoms with Gasteiger partial charge >= 0.3 is 13.7 Å². The van der Waals surface area contributed by atoms with E-state index < -0.39 is 50.9 Å². The fraction of sp³-hybridized carbons (Fsp3) is 0.435. The molecule has 0 aliphatic carbocycles. The standard InChI is InChI=1S/C23H29ClN5O8P/c1-12(2)35-23(32)13(3)28-38(33,37-14-7-5-4-6-8-14)34-10-16-18(30)19(31)22(36-16)29-9-15(24)17-20(25)26-11-27-21(17)29/h4-9,11-13,16,18-19,22,30-31H,10H2,1-3H3,(H,28,33)(H2,25,26,27)/t13-,16-,18-,19-,22?,38?/m1/s1. The van der Waals surface area contributed by atoms with Gasteiger partial charge in [-0.15, -0.1) is 0 Å². The highest BCUT2D eigenvalue weighted by atomic mass is 35.5. The van der Waals surface area contributed by atoms with E-state index >= 15 is 0 Å². The van der Waals surface area contributed by atoms with Gasteiger partial charge in [-0.2, -0.15) is 5.09 Å². The van der Waals surface area contributed by atoms with Gasteiger partial charge < -0.3 is 34.5 Å². The maximum absolute atomic E-state index is 13.7. The molecule has 1 aliphatic rings. The van der Waals surface area contributed by atoms with Gasteiger partial charge in [0.05, 0.1) is 23.1 Å². The monoisotopic (exact) mass is 569 g/mol. The van der Waals surface area contributed by atoms with Gasteiger partial charge in [0, 0.05) is 6.20 Å². The van der Waals surface area contributed by atoms with Crippen molar-refractivity contribution in [3.8, 4) is 5.75 Å². The molecule has 3 heterocycles. The van der Waals surface area contributed by atoms with Gasteiger partial charge in [-0.25, -0.2) is 14.5 Å². The number of para-hydroxylation sites is 1. The van der Waals surface area contributed by atoms with Crippen molar-refractivity contribution < 1.29 is 38.1 Å². The molecule has 0 saturated carbocycles. The highest BCUT2D eigenvalue weighted by Crippen LogP contribution is 2.46. The first-order chi connectivity index (χ1) is 18.0. The Morgan fingerprint density at radius 1 is 1.24 bits per heavy atom. The Morgan fingerprint density at radius 2 is 1.95 bits per heavy atom. The molecular formula is C23H29ClN5O8P. The molecule has 15 heteroatoms. The van der Waals surface area contributed by atoms with Crippen LogP contribution in [0.5, 0.6) is 5.75 Å². The van der Waals surface area contributed by atoms with Crippen molar-refractivity contribution >= 4 is 42.2 Å². The van der Waals surface area contributed by atoms with E-state index in [-0.39, 0.29) is 28.3 Å². The van der Waals surface area contributed by atoms with E-state index in [0.29, 0.717) is 5.39 Å². The number of aromatic nitrogens is 3. The number of fused-ring (bicyclic) bond motifs is 1. The lowest BCUT2D eigenvalue weighted by atomic mass is 10.1. The van der Waals surface area contributed by atoms with Crippen LogP contribution in [0.2, 0.25) is 5.02 Å². The summed E-state index contributed by atoms with van der Waals surface area (Å²) >= 11 is 6.28. The van der Waals surface area contributed by atoms with E-state index in [1.165, 1.54) is 24.0 Å². The molecule has 0 amide bonds. The normalized spacial score (nSPS) is 23.9. The van der Waals surface area contributed by atoms with Gasteiger partial charge in [-0.3, -0.25) is 9.32 Å². The number of nitrogen functional groups attached to an aromatic ring is 1. The molecule has 0 bridgehead atoms. The Kier molecular flexibility index (Phi) is 8.58. The Labute approximate surface area is 223 Å². The number of nitrogens with two attached hydrogens (primary N) is 1. The number of esters is 1. The summed E-state index contributed by atoms with van der Waals surface area (Å²) in [5, 5.41) is 24.6. The average Bonchev–Trinajstić information content (AvgIpc) is 3.34. The zero-order valence-electron chi connectivity index (χ0n) is 20.8. The predicted molar refractivity (Wildman–Crippen MR) is 137 cm³/mol. The molecule has 4 rings (SSSR count). The van der Waals surface area contributed by atoms with E-state index in [0.717, 1.165) is 0 Å². The Morgan fingerprint density at radius 3 is 2.63 bits per heavy atom. The van der Waals surface area contributed by atoms with Crippen LogP contribution in [0.25, 0.3) is 11.0 Å². The topological polar surface area (TPSA) is 180 Å². The Hall–Kier alpha value is -2.77. The number of benzene rings is 1. The molecule has 5 N–H and O–H groups in total. The van der Waals surface area contributed by atoms with Crippen molar-refractivity contribution in [2.24, 2.45) is 0 Å². The molecule has 3 aromatic rings. The van der Waals surface area contributed by atoms with Crippen LogP contribution in [-0.2, 0) is 23.4 Å². The van der Waals surface area contributed by atoms with Crippen molar-refractivity contribution in [1.29, 1.82) is 0 Å². The lowest BCUT2D eigenvalue weighted by Crippen LogP contribution is -2.38. The summed E-state index contributed by atoms with van der Waals surface area (Å²) < 4.78 is 37.3. The highest BCUT2D eigenvalue weighted by molar-refractivity contribution is 7.52. The molecule has 1 aliphatic heterocycles. The van der Waals surface area contributed by atoms with Crippen molar-refractivity contribution in [2.45, 2.75) is 57.5 Å². The lowest BCUT2D eigenvalue weighted by molar-refractivity contribution is -0.149. The summed E-state index contributed by atoms with van der Waals surface area (Å²) in [6.07, 6.45) is -2.83. The first-order valence-corrected chi connectivity index (χ1v) is 13.7. The summed E-state index contributed by atoms with van der Waals surface area (Å²) in [5.74, 6) is -0.308. The Bertz CT molecular complexity index is 1330. The molecule has 1 saturated heterocycles. The van der Waals surface area contributed by atoms with E-state index in [1.807, 2.05) is 0 Å². The molecule has 0 radical (unpaired) electrons. The largest absolute Gasteiger partial charge is 0.462 e. The maximum Gasteiger partial charge on any atom is 0.459 e. The van der Waals surface area contributed by atoms with Crippen molar-refractivity contribution in [2.75, 3.05) is 12.3 Å². The third-order valence-corrected chi connectivity index (χ3v) is 7.57. The smallest absolute Gasteiger partial charge is 0.459 e. The first kappa shape index (κ1) is 28.2. The number of hydrogen-bond donors (Lipinski definition) is 4. The zero-order valence-corrected chi connectivity index (χ0v) is 22.5. The minimum atomic E-state index is -4.22. The third-order valence-electron chi connectivity index (χ3n) is 5.64. The second-order valence-electron chi connectivity index (χ2n) is 8.92. The SMILES string of the molecule is CC(C)OC(=O)[C@@H](C)NP(=O)(OC[C@H]1OC(n2cc(Cl)c3c(N)ncnc32)[C@H](O)[C@@H]1O)Oc1ccccc1. The summed E-state index contributed by atoms with van der Waals surface area (Å²) in [6, 6.07) is 7.15. The average molecular weight is 570 g/mol. The number of halogens is 1. The first-order valence-electron chi connectivity index (χ1n) is 11.7. The van der Waals surface area contributed by atoms with Crippen LogP contribution < -0.4 is 15.3 Å². The molecular weight excluding hydrogens is 541 g/mol. The number of aliphatic hydroxyl groups is 2. The van der Waals surface area contributed by atoms with Crippen molar-refractivity contribution in [3.63, 3.8) is 0 Å². The van der Waals surface area contributed by atoms with Gasteiger partial charge in [0.25, 0.3) is 0 Å². The molecule has 206 valence electrons. The molecule has 0 spiro atoms.